The Bertz CT molecular complexity index is 1330. The van der Waals surface area contributed by atoms with Crippen molar-refractivity contribution in [3.8, 4) is 11.4 Å². The lowest BCUT2D eigenvalue weighted by Crippen LogP contribution is -2.35. The highest BCUT2D eigenvalue weighted by atomic mass is 16.5. The van der Waals surface area contributed by atoms with E-state index in [0.717, 1.165) is 53.5 Å². The lowest BCUT2D eigenvalue weighted by Gasteiger charge is -2.24. The lowest BCUT2D eigenvalue weighted by molar-refractivity contribution is 0.0767. The molecule has 0 N–H and O–H groups in total. The molecule has 1 fully saturated rings. The smallest absolute Gasteiger partial charge is 0.253 e. The molecule has 180 valence electrons. The molecule has 1 saturated heterocycles. The third-order valence-corrected chi connectivity index (χ3v) is 6.47. The second-order valence-electron chi connectivity index (χ2n) is 8.81. The van der Waals surface area contributed by atoms with Crippen LogP contribution in [0.3, 0.4) is 0 Å². The zero-order valence-corrected chi connectivity index (χ0v) is 20.4. The van der Waals surface area contributed by atoms with E-state index in [0.29, 0.717) is 25.2 Å². The topological polar surface area (TPSA) is 76.4 Å². The van der Waals surface area contributed by atoms with E-state index in [4.69, 9.17) is 14.7 Å². The average Bonchev–Trinajstić information content (AvgIpc) is 3.17. The Morgan fingerprint density at radius 1 is 0.971 bits per heavy atom. The molecule has 5 rings (SSSR count). The van der Waals surface area contributed by atoms with E-state index < -0.39 is 0 Å². The van der Waals surface area contributed by atoms with Crippen LogP contribution in [-0.2, 0) is 6.42 Å². The number of carbonyl (C=O) groups excluding carboxylic acids is 1. The molecular formula is C27H30N6O2. The number of hydrogen-bond donors (Lipinski definition) is 0. The van der Waals surface area contributed by atoms with Gasteiger partial charge in [-0.15, -0.1) is 0 Å². The number of carbonyl (C=O) groups is 1. The van der Waals surface area contributed by atoms with Gasteiger partial charge in [0.15, 0.2) is 5.65 Å². The minimum Gasteiger partial charge on any atom is -0.497 e. The molecule has 0 spiro atoms. The summed E-state index contributed by atoms with van der Waals surface area (Å²) in [5.41, 5.74) is 3.67. The van der Waals surface area contributed by atoms with Crippen molar-refractivity contribution in [3.63, 3.8) is 0 Å². The molecule has 1 aliphatic heterocycles. The summed E-state index contributed by atoms with van der Waals surface area (Å²) in [7, 11) is 1.62. The summed E-state index contributed by atoms with van der Waals surface area (Å²) >= 11 is 0. The minimum atomic E-state index is 0.0452. The maximum absolute atomic E-state index is 13.1. The first-order chi connectivity index (χ1) is 17.1. The molecule has 8 heteroatoms. The highest BCUT2D eigenvalue weighted by molar-refractivity contribution is 5.94. The maximum atomic E-state index is 13.1. The summed E-state index contributed by atoms with van der Waals surface area (Å²) < 4.78 is 7.10. The summed E-state index contributed by atoms with van der Waals surface area (Å²) in [5.74, 6) is 2.47. The van der Waals surface area contributed by atoms with Crippen molar-refractivity contribution in [3.05, 3.63) is 71.7 Å². The van der Waals surface area contributed by atoms with E-state index in [1.807, 2.05) is 40.0 Å². The monoisotopic (exact) mass is 470 g/mol. The van der Waals surface area contributed by atoms with Crippen LogP contribution in [0, 0.1) is 6.92 Å². The first kappa shape index (κ1) is 22.8. The number of aryl methyl sites for hydroxylation is 2. The molecule has 3 heterocycles. The number of methoxy groups -OCH3 is 1. The van der Waals surface area contributed by atoms with Crippen LogP contribution in [0.2, 0.25) is 0 Å². The molecule has 0 aliphatic carbocycles. The number of rotatable bonds is 5. The molecule has 4 aromatic rings. The van der Waals surface area contributed by atoms with Crippen LogP contribution >= 0.6 is 0 Å². The Morgan fingerprint density at radius 2 is 1.74 bits per heavy atom. The number of aromatic nitrogens is 4. The molecule has 1 amide bonds. The summed E-state index contributed by atoms with van der Waals surface area (Å²) in [6.07, 6.45) is 3.45. The molecule has 8 nitrogen and oxygen atoms in total. The molecular weight excluding hydrogens is 440 g/mol. The van der Waals surface area contributed by atoms with E-state index in [1.165, 1.54) is 5.56 Å². The van der Waals surface area contributed by atoms with Gasteiger partial charge in [0.25, 0.3) is 5.91 Å². The molecule has 1 aliphatic rings. The molecule has 0 radical (unpaired) electrons. The zero-order chi connectivity index (χ0) is 24.4. The Hall–Kier alpha value is -3.94. The highest BCUT2D eigenvalue weighted by Gasteiger charge is 2.24. The van der Waals surface area contributed by atoms with Crippen LogP contribution in [0.25, 0.3) is 16.7 Å². The van der Waals surface area contributed by atoms with Crippen molar-refractivity contribution in [2.45, 2.75) is 26.7 Å². The number of amides is 1. The van der Waals surface area contributed by atoms with Gasteiger partial charge in [0.1, 0.15) is 17.4 Å². The number of benzene rings is 2. The van der Waals surface area contributed by atoms with Crippen molar-refractivity contribution < 1.29 is 9.53 Å². The Kier molecular flexibility index (Phi) is 6.35. The van der Waals surface area contributed by atoms with Crippen molar-refractivity contribution in [1.82, 2.24) is 24.6 Å². The second kappa shape index (κ2) is 9.74. The summed E-state index contributed by atoms with van der Waals surface area (Å²) in [4.78, 5) is 27.0. The third kappa shape index (κ3) is 4.56. The number of fused-ring (bicyclic) bond motifs is 1. The average molecular weight is 471 g/mol. The third-order valence-electron chi connectivity index (χ3n) is 6.47. The van der Waals surface area contributed by atoms with Gasteiger partial charge in [0.05, 0.1) is 24.4 Å². The molecule has 0 bridgehead atoms. The van der Waals surface area contributed by atoms with Gasteiger partial charge in [-0.05, 0) is 49.7 Å². The van der Waals surface area contributed by atoms with Crippen molar-refractivity contribution in [1.29, 1.82) is 0 Å². The summed E-state index contributed by atoms with van der Waals surface area (Å²) in [6, 6.07) is 15.6. The predicted octanol–water partition coefficient (Wildman–Crippen LogP) is 4.05. The summed E-state index contributed by atoms with van der Waals surface area (Å²) in [6.45, 7) is 6.99. The first-order valence-corrected chi connectivity index (χ1v) is 12.1. The van der Waals surface area contributed by atoms with Gasteiger partial charge in [-0.25, -0.2) is 14.6 Å². The maximum Gasteiger partial charge on any atom is 0.253 e. The van der Waals surface area contributed by atoms with Crippen LogP contribution in [0.5, 0.6) is 5.75 Å². The first-order valence-electron chi connectivity index (χ1n) is 12.1. The number of hydrogen-bond acceptors (Lipinski definition) is 6. The minimum absolute atomic E-state index is 0.0452. The van der Waals surface area contributed by atoms with Crippen LogP contribution in [0.4, 0.5) is 5.82 Å². The van der Waals surface area contributed by atoms with Gasteiger partial charge >= 0.3 is 0 Å². The quantitative estimate of drug-likeness (QED) is 0.438. The highest BCUT2D eigenvalue weighted by Crippen LogP contribution is 2.27. The van der Waals surface area contributed by atoms with Gasteiger partial charge < -0.3 is 14.5 Å². The molecule has 35 heavy (non-hydrogen) atoms. The van der Waals surface area contributed by atoms with E-state index in [2.05, 4.69) is 48.1 Å². The van der Waals surface area contributed by atoms with Crippen LogP contribution in [0.15, 0.2) is 54.7 Å². The Labute approximate surface area is 205 Å². The molecule has 0 unspecified atom stereocenters. The van der Waals surface area contributed by atoms with Gasteiger partial charge in [-0.1, -0.05) is 24.6 Å². The van der Waals surface area contributed by atoms with Crippen molar-refractivity contribution in [2.75, 3.05) is 38.2 Å². The fourth-order valence-corrected chi connectivity index (χ4v) is 4.46. The van der Waals surface area contributed by atoms with Crippen LogP contribution in [-0.4, -0.2) is 63.8 Å². The lowest BCUT2D eigenvalue weighted by atomic mass is 10.2. The van der Waals surface area contributed by atoms with Crippen molar-refractivity contribution >= 4 is 22.8 Å². The Balaban J connectivity index is 1.42. The molecule has 0 atom stereocenters. The summed E-state index contributed by atoms with van der Waals surface area (Å²) in [5, 5.41) is 5.59. The fourth-order valence-electron chi connectivity index (χ4n) is 4.46. The Morgan fingerprint density at radius 3 is 2.46 bits per heavy atom. The fraction of sp³-hybridized carbons (Fsp3) is 0.333. The molecule has 0 saturated carbocycles. The van der Waals surface area contributed by atoms with Gasteiger partial charge in [-0.3, -0.25) is 4.79 Å². The van der Waals surface area contributed by atoms with Gasteiger partial charge in [0, 0.05) is 38.2 Å². The van der Waals surface area contributed by atoms with E-state index in [-0.39, 0.29) is 5.91 Å². The molecule has 2 aromatic heterocycles. The van der Waals surface area contributed by atoms with E-state index >= 15 is 0 Å². The predicted molar refractivity (Wildman–Crippen MR) is 137 cm³/mol. The molecule has 2 aromatic carbocycles. The normalized spacial score (nSPS) is 14.3. The number of ether oxygens (including phenoxy) is 1. The number of anilines is 1. The zero-order valence-electron chi connectivity index (χ0n) is 20.4. The van der Waals surface area contributed by atoms with E-state index in [1.54, 1.807) is 7.11 Å². The standard InChI is InChI=1S/C27H30N6O2/c1-4-24-29-25(23-18-28-33(26(23)30-24)21-10-6-19(2)7-11-21)31-14-5-15-32(17-16-31)27(34)20-8-12-22(35-3)13-9-20/h6-13,18H,4-5,14-17H2,1-3H3. The van der Waals surface area contributed by atoms with Crippen LogP contribution in [0.1, 0.15) is 35.1 Å². The van der Waals surface area contributed by atoms with Crippen LogP contribution < -0.4 is 9.64 Å². The van der Waals surface area contributed by atoms with Crippen molar-refractivity contribution in [2.24, 2.45) is 0 Å². The van der Waals surface area contributed by atoms with E-state index in [9.17, 15) is 4.79 Å². The largest absolute Gasteiger partial charge is 0.497 e. The van der Waals surface area contributed by atoms with Gasteiger partial charge in [-0.2, -0.15) is 5.10 Å². The number of nitrogens with zero attached hydrogens (tertiary/aromatic N) is 6. The second-order valence-corrected chi connectivity index (χ2v) is 8.81. The van der Waals surface area contributed by atoms with Gasteiger partial charge in [0.2, 0.25) is 0 Å². The SMILES string of the molecule is CCc1nc(N2CCCN(C(=O)c3ccc(OC)cc3)CC2)c2cnn(-c3ccc(C)cc3)c2n1.